The molecule has 1 aromatic heterocycles. The fraction of sp³-hybridized carbons (Fsp3) is 0.227. The summed E-state index contributed by atoms with van der Waals surface area (Å²) in [6.07, 6.45) is 0.704. The van der Waals surface area contributed by atoms with Crippen LogP contribution in [0.25, 0.3) is 10.9 Å². The predicted molar refractivity (Wildman–Crippen MR) is 109 cm³/mol. The average Bonchev–Trinajstić information content (AvgIpc) is 2.71. The second-order valence-electron chi connectivity index (χ2n) is 6.37. The third-order valence-corrected chi connectivity index (χ3v) is 4.91. The Balaban J connectivity index is 1.70. The van der Waals surface area contributed by atoms with Gasteiger partial charge in [0, 0.05) is 22.6 Å². The number of amides is 1. The van der Waals surface area contributed by atoms with Crippen molar-refractivity contribution in [2.75, 3.05) is 6.61 Å². The highest BCUT2D eigenvalue weighted by Gasteiger charge is 2.19. The van der Waals surface area contributed by atoms with Gasteiger partial charge in [0.15, 0.2) is 6.61 Å². The zero-order chi connectivity index (χ0) is 20.1. The summed E-state index contributed by atoms with van der Waals surface area (Å²) in [5, 5.41) is 4.00. The smallest absolute Gasteiger partial charge is 0.339 e. The maximum Gasteiger partial charge on any atom is 0.339 e. The number of para-hydroxylation sites is 1. The topological polar surface area (TPSA) is 68.3 Å². The Labute approximate surface area is 168 Å². The fourth-order valence-electron chi connectivity index (χ4n) is 3.06. The zero-order valence-corrected chi connectivity index (χ0v) is 16.5. The van der Waals surface area contributed by atoms with Gasteiger partial charge in [0.25, 0.3) is 5.91 Å². The second-order valence-corrected chi connectivity index (χ2v) is 6.78. The van der Waals surface area contributed by atoms with Crippen LogP contribution in [0, 0.1) is 6.92 Å². The molecule has 0 saturated carbocycles. The number of aryl methyl sites for hydroxylation is 1. The number of ether oxygens (including phenoxy) is 1. The molecule has 1 N–H and O–H groups in total. The van der Waals surface area contributed by atoms with Crippen LogP contribution in [0.4, 0.5) is 0 Å². The zero-order valence-electron chi connectivity index (χ0n) is 15.8. The standard InChI is InChI=1S/C22H21ClN2O3/c1-3-18-14(2)21(16-9-5-7-11-19(16)25-18)22(27)28-13-20(26)24-12-15-8-4-6-10-17(15)23/h4-11H,3,12-13H2,1-2H3,(H,24,26). The van der Waals surface area contributed by atoms with Crippen LogP contribution in [-0.2, 0) is 22.5 Å². The van der Waals surface area contributed by atoms with Crippen molar-refractivity contribution in [3.05, 3.63) is 75.9 Å². The Bertz CT molecular complexity index is 1030. The SMILES string of the molecule is CCc1nc2ccccc2c(C(=O)OCC(=O)NCc2ccccc2Cl)c1C. The maximum atomic E-state index is 12.7. The monoisotopic (exact) mass is 396 g/mol. The van der Waals surface area contributed by atoms with Gasteiger partial charge in [0.2, 0.25) is 0 Å². The number of esters is 1. The fourth-order valence-corrected chi connectivity index (χ4v) is 3.26. The molecule has 0 radical (unpaired) electrons. The lowest BCUT2D eigenvalue weighted by Crippen LogP contribution is -2.28. The molecular formula is C22H21ClN2O3. The lowest BCUT2D eigenvalue weighted by Gasteiger charge is -2.13. The van der Waals surface area contributed by atoms with Crippen LogP contribution in [0.5, 0.6) is 0 Å². The van der Waals surface area contributed by atoms with E-state index in [-0.39, 0.29) is 19.1 Å². The van der Waals surface area contributed by atoms with Gasteiger partial charge < -0.3 is 10.1 Å². The largest absolute Gasteiger partial charge is 0.452 e. The van der Waals surface area contributed by atoms with E-state index in [0.29, 0.717) is 17.0 Å². The molecule has 28 heavy (non-hydrogen) atoms. The summed E-state index contributed by atoms with van der Waals surface area (Å²) in [5.41, 5.74) is 3.62. The van der Waals surface area contributed by atoms with Crippen LogP contribution >= 0.6 is 11.6 Å². The molecule has 0 fully saturated rings. The van der Waals surface area contributed by atoms with E-state index in [2.05, 4.69) is 10.3 Å². The average molecular weight is 397 g/mol. The van der Waals surface area contributed by atoms with Crippen molar-refractivity contribution < 1.29 is 14.3 Å². The minimum Gasteiger partial charge on any atom is -0.452 e. The second kappa shape index (κ2) is 8.85. The lowest BCUT2D eigenvalue weighted by molar-refractivity contribution is -0.124. The third kappa shape index (κ3) is 4.31. The summed E-state index contributed by atoms with van der Waals surface area (Å²) in [6.45, 7) is 3.75. The predicted octanol–water partition coefficient (Wildman–Crippen LogP) is 4.23. The lowest BCUT2D eigenvalue weighted by atomic mass is 10.0. The molecule has 0 unspecified atom stereocenters. The first-order valence-corrected chi connectivity index (χ1v) is 9.44. The molecule has 0 aliphatic rings. The number of carbonyl (C=O) groups is 2. The molecule has 0 bridgehead atoms. The van der Waals surface area contributed by atoms with Gasteiger partial charge in [-0.2, -0.15) is 0 Å². The van der Waals surface area contributed by atoms with Crippen molar-refractivity contribution in [2.24, 2.45) is 0 Å². The van der Waals surface area contributed by atoms with Crippen LogP contribution in [0.15, 0.2) is 48.5 Å². The summed E-state index contributed by atoms with van der Waals surface area (Å²) >= 11 is 6.07. The van der Waals surface area contributed by atoms with Gasteiger partial charge in [-0.1, -0.05) is 54.9 Å². The van der Waals surface area contributed by atoms with Gasteiger partial charge in [-0.05, 0) is 36.6 Å². The summed E-state index contributed by atoms with van der Waals surface area (Å²) < 4.78 is 5.29. The highest BCUT2D eigenvalue weighted by atomic mass is 35.5. The molecule has 1 heterocycles. The molecule has 2 aromatic carbocycles. The molecule has 0 saturated heterocycles. The third-order valence-electron chi connectivity index (χ3n) is 4.54. The molecule has 144 valence electrons. The molecule has 1 amide bonds. The van der Waals surface area contributed by atoms with Crippen molar-refractivity contribution in [3.8, 4) is 0 Å². The number of pyridine rings is 1. The Morgan fingerprint density at radius 3 is 2.57 bits per heavy atom. The van der Waals surface area contributed by atoms with Crippen LogP contribution in [0.1, 0.15) is 34.1 Å². The first-order valence-electron chi connectivity index (χ1n) is 9.06. The van der Waals surface area contributed by atoms with Crippen LogP contribution in [0.3, 0.4) is 0 Å². The van der Waals surface area contributed by atoms with Gasteiger partial charge in [-0.15, -0.1) is 0 Å². The van der Waals surface area contributed by atoms with E-state index < -0.39 is 5.97 Å². The Kier molecular flexibility index (Phi) is 6.26. The van der Waals surface area contributed by atoms with Crippen molar-refractivity contribution in [3.63, 3.8) is 0 Å². The van der Waals surface area contributed by atoms with Gasteiger partial charge >= 0.3 is 5.97 Å². The van der Waals surface area contributed by atoms with Crippen molar-refractivity contribution in [2.45, 2.75) is 26.8 Å². The number of hydrogen-bond donors (Lipinski definition) is 1. The molecule has 0 atom stereocenters. The van der Waals surface area contributed by atoms with Gasteiger partial charge in [0.05, 0.1) is 11.1 Å². The van der Waals surface area contributed by atoms with Crippen LogP contribution < -0.4 is 5.32 Å². The van der Waals surface area contributed by atoms with E-state index in [1.54, 1.807) is 6.07 Å². The number of benzene rings is 2. The summed E-state index contributed by atoms with van der Waals surface area (Å²) in [6, 6.07) is 14.7. The number of nitrogens with zero attached hydrogens (tertiary/aromatic N) is 1. The molecular weight excluding hydrogens is 376 g/mol. The van der Waals surface area contributed by atoms with Gasteiger partial charge in [-0.3, -0.25) is 9.78 Å². The number of halogens is 1. The van der Waals surface area contributed by atoms with E-state index in [0.717, 1.165) is 27.7 Å². The van der Waals surface area contributed by atoms with Gasteiger partial charge in [0.1, 0.15) is 0 Å². The molecule has 5 nitrogen and oxygen atoms in total. The number of aromatic nitrogens is 1. The van der Waals surface area contributed by atoms with Crippen molar-refractivity contribution in [1.82, 2.24) is 10.3 Å². The highest BCUT2D eigenvalue weighted by Crippen LogP contribution is 2.24. The van der Waals surface area contributed by atoms with Crippen LogP contribution in [0.2, 0.25) is 5.02 Å². The Morgan fingerprint density at radius 1 is 1.11 bits per heavy atom. The molecule has 0 aliphatic heterocycles. The summed E-state index contributed by atoms with van der Waals surface area (Å²) in [4.78, 5) is 29.4. The molecule has 0 aliphatic carbocycles. The number of rotatable bonds is 6. The van der Waals surface area contributed by atoms with E-state index in [1.165, 1.54) is 0 Å². The number of carbonyl (C=O) groups excluding carboxylic acids is 2. The molecule has 3 rings (SSSR count). The quantitative estimate of drug-likeness (QED) is 0.633. The molecule has 0 spiro atoms. The maximum absolute atomic E-state index is 12.7. The van der Waals surface area contributed by atoms with E-state index in [9.17, 15) is 9.59 Å². The summed E-state index contributed by atoms with van der Waals surface area (Å²) in [7, 11) is 0. The first kappa shape index (κ1) is 19.8. The number of hydrogen-bond acceptors (Lipinski definition) is 4. The highest BCUT2D eigenvalue weighted by molar-refractivity contribution is 6.31. The minimum atomic E-state index is -0.529. The number of nitrogens with one attached hydrogen (secondary N) is 1. The van der Waals surface area contributed by atoms with E-state index in [1.807, 2.05) is 56.3 Å². The van der Waals surface area contributed by atoms with Crippen molar-refractivity contribution in [1.29, 1.82) is 0 Å². The molecule has 3 aromatic rings. The summed E-state index contributed by atoms with van der Waals surface area (Å²) in [5.74, 6) is -0.918. The van der Waals surface area contributed by atoms with Crippen molar-refractivity contribution >= 4 is 34.4 Å². The Morgan fingerprint density at radius 2 is 1.82 bits per heavy atom. The molecule has 6 heteroatoms. The Hall–Kier alpha value is -2.92. The number of fused-ring (bicyclic) bond motifs is 1. The van der Waals surface area contributed by atoms with E-state index in [4.69, 9.17) is 16.3 Å². The van der Waals surface area contributed by atoms with Gasteiger partial charge in [-0.25, -0.2) is 4.79 Å². The normalized spacial score (nSPS) is 10.7. The van der Waals surface area contributed by atoms with Crippen LogP contribution in [-0.4, -0.2) is 23.5 Å². The van der Waals surface area contributed by atoms with E-state index >= 15 is 0 Å². The first-order chi connectivity index (χ1) is 13.5. The minimum absolute atomic E-state index is 0.271.